The van der Waals surface area contributed by atoms with Gasteiger partial charge in [-0.05, 0) is 30.2 Å². The molecule has 3 rings (SSSR count). The molecule has 1 N–H and O–H groups in total. The Hall–Kier alpha value is -2.53. The summed E-state index contributed by atoms with van der Waals surface area (Å²) >= 11 is 0. The molecule has 5 heteroatoms. The van der Waals surface area contributed by atoms with E-state index in [0.29, 0.717) is 19.4 Å². The van der Waals surface area contributed by atoms with Crippen LogP contribution in [0.5, 0.6) is 5.75 Å². The topological polar surface area (TPSA) is 59.0 Å². The highest BCUT2D eigenvalue weighted by Gasteiger charge is 2.43. The Kier molecular flexibility index (Phi) is 5.47. The minimum atomic E-state index is -0.761. The number of hydrogen-bond donors (Lipinski definition) is 1. The molecular weight excluding hydrogens is 330 g/mol. The van der Waals surface area contributed by atoms with E-state index >= 15 is 0 Å². The molecule has 1 saturated heterocycles. The molecule has 0 bridgehead atoms. The average molecular weight is 355 g/mol. The van der Waals surface area contributed by atoms with E-state index in [-0.39, 0.29) is 18.7 Å². The lowest BCUT2D eigenvalue weighted by Crippen LogP contribution is -2.49. The second-order valence-corrected chi connectivity index (χ2v) is 6.59. The first-order chi connectivity index (χ1) is 12.6. The number of aliphatic hydroxyl groups is 1. The maximum Gasteiger partial charge on any atom is 0.411 e. The monoisotopic (exact) mass is 355 g/mol. The predicted octanol–water partition coefficient (Wildman–Crippen LogP) is 3.88. The van der Waals surface area contributed by atoms with Gasteiger partial charge in [-0.2, -0.15) is 0 Å². The lowest BCUT2D eigenvalue weighted by atomic mass is 9.85. The van der Waals surface area contributed by atoms with Crippen LogP contribution in [0.25, 0.3) is 0 Å². The summed E-state index contributed by atoms with van der Waals surface area (Å²) < 4.78 is 11.1. The van der Waals surface area contributed by atoms with E-state index in [1.165, 1.54) is 0 Å². The molecule has 0 aromatic heterocycles. The Labute approximate surface area is 154 Å². The number of methoxy groups -OCH3 is 1. The summed E-state index contributed by atoms with van der Waals surface area (Å²) in [5, 5.41) is 9.52. The third-order valence-corrected chi connectivity index (χ3v) is 5.15. The van der Waals surface area contributed by atoms with E-state index in [1.54, 1.807) is 12.0 Å². The van der Waals surface area contributed by atoms with Gasteiger partial charge in [-0.3, -0.25) is 0 Å². The lowest BCUT2D eigenvalue weighted by molar-refractivity contribution is -0.0718. The van der Waals surface area contributed by atoms with Gasteiger partial charge in [0.1, 0.15) is 11.4 Å². The summed E-state index contributed by atoms with van der Waals surface area (Å²) in [4.78, 5) is 14.5. The number of amides is 1. The van der Waals surface area contributed by atoms with Gasteiger partial charge in [0.05, 0.1) is 13.2 Å². The molecule has 1 heterocycles. The molecule has 0 aliphatic carbocycles. The number of hydrogen-bond acceptors (Lipinski definition) is 4. The lowest BCUT2D eigenvalue weighted by Gasteiger charge is -2.43. The highest BCUT2D eigenvalue weighted by molar-refractivity contribution is 5.70. The van der Waals surface area contributed by atoms with Crippen molar-refractivity contribution in [3.8, 4) is 5.75 Å². The number of cyclic esters (lactones) is 1. The fourth-order valence-corrected chi connectivity index (χ4v) is 3.53. The van der Waals surface area contributed by atoms with E-state index in [0.717, 1.165) is 16.9 Å². The van der Waals surface area contributed by atoms with Crippen LogP contribution in [0.1, 0.15) is 36.9 Å². The maximum atomic E-state index is 12.8. The molecule has 1 aliphatic rings. The first kappa shape index (κ1) is 18.3. The van der Waals surface area contributed by atoms with E-state index in [2.05, 4.69) is 0 Å². The SMILES string of the molecule is COc1ccc([C@H](C)N2CC[C@](CCO)(c3ccccc3)OC2=O)cc1. The molecular formula is C21H25NO4. The predicted molar refractivity (Wildman–Crippen MR) is 99.0 cm³/mol. The number of aliphatic hydroxyl groups excluding tert-OH is 1. The van der Waals surface area contributed by atoms with Crippen molar-refractivity contribution < 1.29 is 19.4 Å². The maximum absolute atomic E-state index is 12.8. The van der Waals surface area contributed by atoms with Crippen LogP contribution in [-0.2, 0) is 10.3 Å². The third kappa shape index (κ3) is 3.53. The Morgan fingerprint density at radius 2 is 1.88 bits per heavy atom. The van der Waals surface area contributed by atoms with Gasteiger partial charge in [0, 0.05) is 26.0 Å². The largest absolute Gasteiger partial charge is 0.497 e. The van der Waals surface area contributed by atoms with Crippen molar-refractivity contribution in [2.75, 3.05) is 20.3 Å². The zero-order valence-corrected chi connectivity index (χ0v) is 15.2. The van der Waals surface area contributed by atoms with Crippen molar-refractivity contribution >= 4 is 6.09 Å². The van der Waals surface area contributed by atoms with Gasteiger partial charge in [-0.25, -0.2) is 4.79 Å². The molecule has 1 aliphatic heterocycles. The van der Waals surface area contributed by atoms with E-state index in [4.69, 9.17) is 9.47 Å². The van der Waals surface area contributed by atoms with Gasteiger partial charge < -0.3 is 19.5 Å². The van der Waals surface area contributed by atoms with Crippen LogP contribution in [0.2, 0.25) is 0 Å². The molecule has 2 aromatic carbocycles. The highest BCUT2D eigenvalue weighted by atomic mass is 16.6. The molecule has 1 fully saturated rings. The number of rotatable bonds is 6. The minimum absolute atomic E-state index is 0.0315. The Bertz CT molecular complexity index is 731. The summed E-state index contributed by atoms with van der Waals surface area (Å²) in [7, 11) is 1.63. The number of carbonyl (C=O) groups excluding carboxylic acids is 1. The zero-order chi connectivity index (χ0) is 18.6. The fraction of sp³-hybridized carbons (Fsp3) is 0.381. The standard InChI is InChI=1S/C21H25NO4/c1-16(17-8-10-19(25-2)11-9-17)22-14-12-21(13-15-23,26-20(22)24)18-6-4-3-5-7-18/h3-11,16,23H,12-15H2,1-2H3/t16-,21-/m0/s1. The van der Waals surface area contributed by atoms with Crippen LogP contribution in [0.3, 0.4) is 0 Å². The summed E-state index contributed by atoms with van der Waals surface area (Å²) in [5.74, 6) is 0.785. The summed E-state index contributed by atoms with van der Waals surface area (Å²) in [6.45, 7) is 2.53. The second kappa shape index (κ2) is 7.79. The number of nitrogens with zero attached hydrogens (tertiary/aromatic N) is 1. The van der Waals surface area contributed by atoms with Crippen molar-refractivity contribution in [3.05, 3.63) is 65.7 Å². The van der Waals surface area contributed by atoms with Crippen LogP contribution in [0.4, 0.5) is 4.79 Å². The van der Waals surface area contributed by atoms with Gasteiger partial charge in [-0.15, -0.1) is 0 Å². The number of benzene rings is 2. The van der Waals surface area contributed by atoms with E-state index < -0.39 is 5.60 Å². The van der Waals surface area contributed by atoms with Crippen LogP contribution >= 0.6 is 0 Å². The normalized spacial score (nSPS) is 21.2. The van der Waals surface area contributed by atoms with Crippen LogP contribution < -0.4 is 4.74 Å². The van der Waals surface area contributed by atoms with Crippen molar-refractivity contribution in [1.29, 1.82) is 0 Å². The fourth-order valence-electron chi connectivity index (χ4n) is 3.53. The van der Waals surface area contributed by atoms with Gasteiger partial charge in [0.25, 0.3) is 0 Å². The first-order valence-electron chi connectivity index (χ1n) is 8.89. The smallest absolute Gasteiger partial charge is 0.411 e. The molecule has 0 spiro atoms. The van der Waals surface area contributed by atoms with Crippen molar-refractivity contribution in [2.45, 2.75) is 31.4 Å². The van der Waals surface area contributed by atoms with Gasteiger partial charge >= 0.3 is 6.09 Å². The third-order valence-electron chi connectivity index (χ3n) is 5.15. The molecule has 0 unspecified atom stereocenters. The van der Waals surface area contributed by atoms with Gasteiger partial charge in [0.2, 0.25) is 0 Å². The molecule has 5 nitrogen and oxygen atoms in total. The number of ether oxygens (including phenoxy) is 2. The Balaban J connectivity index is 1.79. The summed E-state index contributed by atoms with van der Waals surface area (Å²) in [5.41, 5.74) is 1.19. The minimum Gasteiger partial charge on any atom is -0.497 e. The van der Waals surface area contributed by atoms with E-state index in [9.17, 15) is 9.90 Å². The molecule has 138 valence electrons. The zero-order valence-electron chi connectivity index (χ0n) is 15.2. The molecule has 0 radical (unpaired) electrons. The molecule has 2 aromatic rings. The van der Waals surface area contributed by atoms with Crippen molar-refractivity contribution in [3.63, 3.8) is 0 Å². The molecule has 1 amide bonds. The van der Waals surface area contributed by atoms with E-state index in [1.807, 2.05) is 61.5 Å². The second-order valence-electron chi connectivity index (χ2n) is 6.59. The van der Waals surface area contributed by atoms with Crippen LogP contribution in [0.15, 0.2) is 54.6 Å². The average Bonchev–Trinajstić information content (AvgIpc) is 2.68. The van der Waals surface area contributed by atoms with Gasteiger partial charge in [-0.1, -0.05) is 42.5 Å². The Morgan fingerprint density at radius 3 is 2.46 bits per heavy atom. The first-order valence-corrected chi connectivity index (χ1v) is 8.89. The summed E-state index contributed by atoms with van der Waals surface area (Å²) in [6, 6.07) is 17.3. The highest BCUT2D eigenvalue weighted by Crippen LogP contribution is 2.39. The Morgan fingerprint density at radius 1 is 1.19 bits per heavy atom. The van der Waals surface area contributed by atoms with Gasteiger partial charge in [0.15, 0.2) is 0 Å². The van der Waals surface area contributed by atoms with Crippen molar-refractivity contribution in [1.82, 2.24) is 4.90 Å². The van der Waals surface area contributed by atoms with Crippen molar-refractivity contribution in [2.24, 2.45) is 0 Å². The number of carbonyl (C=O) groups is 1. The van der Waals surface area contributed by atoms with Crippen LogP contribution in [0, 0.1) is 0 Å². The molecule has 26 heavy (non-hydrogen) atoms. The molecule has 2 atom stereocenters. The molecule has 0 saturated carbocycles. The summed E-state index contributed by atoms with van der Waals surface area (Å²) in [6.07, 6.45) is 0.689. The quantitative estimate of drug-likeness (QED) is 0.854. The van der Waals surface area contributed by atoms with Crippen LogP contribution in [-0.4, -0.2) is 36.4 Å².